The van der Waals surface area contributed by atoms with Gasteiger partial charge in [-0.05, 0) is 40.5 Å². The Morgan fingerprint density at radius 3 is 2.48 bits per heavy atom. The molecule has 0 saturated carbocycles. The zero-order valence-corrected chi connectivity index (χ0v) is 14.8. The molecule has 1 aromatic carbocycles. The zero-order valence-electron chi connectivity index (χ0n) is 12.5. The van der Waals surface area contributed by atoms with Crippen molar-refractivity contribution in [2.45, 2.75) is 33.1 Å². The van der Waals surface area contributed by atoms with E-state index in [4.69, 9.17) is 17.3 Å². The summed E-state index contributed by atoms with van der Waals surface area (Å²) in [4.78, 5) is 8.82. The molecule has 0 fully saturated rings. The number of nitrogen functional groups attached to an aromatic ring is 1. The van der Waals surface area contributed by atoms with Crippen LogP contribution in [-0.2, 0) is 5.41 Å². The van der Waals surface area contributed by atoms with Gasteiger partial charge < -0.3 is 11.1 Å². The number of nitrogens with two attached hydrogens (primary N) is 1. The molecule has 0 amide bonds. The molecule has 0 aliphatic heterocycles. The lowest BCUT2D eigenvalue weighted by Gasteiger charge is -2.18. The Morgan fingerprint density at radius 2 is 1.86 bits per heavy atom. The summed E-state index contributed by atoms with van der Waals surface area (Å²) in [6.07, 6.45) is 0. The van der Waals surface area contributed by atoms with Gasteiger partial charge in [-0.15, -0.1) is 0 Å². The molecule has 0 aliphatic rings. The van der Waals surface area contributed by atoms with Crippen LogP contribution in [0.2, 0.25) is 5.02 Å². The standard InChI is InChI=1S/C15H18BrClN4/c1-8-5-9(16)11(6-10(8)17)19-13-7-12(18)20-14(21-13)15(2,3)4/h5-7H,1-4H3,(H3,18,19,20,21). The predicted molar refractivity (Wildman–Crippen MR) is 92.3 cm³/mol. The van der Waals surface area contributed by atoms with Crippen LogP contribution in [0.5, 0.6) is 0 Å². The van der Waals surface area contributed by atoms with Gasteiger partial charge in [-0.25, -0.2) is 9.97 Å². The van der Waals surface area contributed by atoms with Crippen molar-refractivity contribution in [2.24, 2.45) is 0 Å². The Kier molecular flexibility index (Phi) is 4.44. The van der Waals surface area contributed by atoms with Crippen molar-refractivity contribution in [3.05, 3.63) is 39.1 Å². The van der Waals surface area contributed by atoms with Gasteiger partial charge in [0.15, 0.2) is 0 Å². The second-order valence-electron chi connectivity index (χ2n) is 5.96. The van der Waals surface area contributed by atoms with Crippen molar-refractivity contribution in [3.8, 4) is 0 Å². The van der Waals surface area contributed by atoms with Crippen LogP contribution >= 0.6 is 27.5 Å². The first-order valence-corrected chi connectivity index (χ1v) is 7.71. The Labute approximate surface area is 138 Å². The SMILES string of the molecule is Cc1cc(Br)c(Nc2cc(N)nc(C(C)(C)C)n2)cc1Cl. The molecule has 6 heteroatoms. The maximum atomic E-state index is 6.17. The number of aryl methyl sites for hydroxylation is 1. The van der Waals surface area contributed by atoms with E-state index in [1.54, 1.807) is 6.07 Å². The highest BCUT2D eigenvalue weighted by Crippen LogP contribution is 2.31. The van der Waals surface area contributed by atoms with Gasteiger partial charge in [0.25, 0.3) is 0 Å². The second kappa shape index (κ2) is 5.81. The summed E-state index contributed by atoms with van der Waals surface area (Å²) >= 11 is 9.69. The molecule has 1 aromatic heterocycles. The maximum absolute atomic E-state index is 6.17. The number of hydrogen-bond donors (Lipinski definition) is 2. The molecule has 0 radical (unpaired) electrons. The largest absolute Gasteiger partial charge is 0.384 e. The maximum Gasteiger partial charge on any atom is 0.138 e. The zero-order chi connectivity index (χ0) is 15.8. The van der Waals surface area contributed by atoms with Crippen LogP contribution < -0.4 is 11.1 Å². The van der Waals surface area contributed by atoms with Crippen molar-refractivity contribution in [1.29, 1.82) is 0 Å². The van der Waals surface area contributed by atoms with Gasteiger partial charge in [-0.2, -0.15) is 0 Å². The van der Waals surface area contributed by atoms with Crippen LogP contribution in [0.1, 0.15) is 32.2 Å². The van der Waals surface area contributed by atoms with Crippen molar-refractivity contribution >= 4 is 44.9 Å². The van der Waals surface area contributed by atoms with Crippen LogP contribution in [0.4, 0.5) is 17.3 Å². The molecule has 4 nitrogen and oxygen atoms in total. The molecule has 0 atom stereocenters. The Morgan fingerprint density at radius 1 is 1.19 bits per heavy atom. The van der Waals surface area contributed by atoms with E-state index in [2.05, 4.69) is 31.2 Å². The van der Waals surface area contributed by atoms with Gasteiger partial charge in [0.05, 0.1) is 5.69 Å². The van der Waals surface area contributed by atoms with Crippen LogP contribution in [0, 0.1) is 6.92 Å². The average Bonchev–Trinajstić information content (AvgIpc) is 2.34. The molecule has 21 heavy (non-hydrogen) atoms. The Hall–Kier alpha value is -1.33. The molecule has 1 heterocycles. The quantitative estimate of drug-likeness (QED) is 0.796. The van der Waals surface area contributed by atoms with Crippen molar-refractivity contribution in [2.75, 3.05) is 11.1 Å². The lowest BCUT2D eigenvalue weighted by Crippen LogP contribution is -2.17. The molecule has 0 bridgehead atoms. The van der Waals surface area contributed by atoms with Gasteiger partial charge in [0, 0.05) is 21.0 Å². The number of nitrogens with zero attached hydrogens (tertiary/aromatic N) is 2. The summed E-state index contributed by atoms with van der Waals surface area (Å²) in [7, 11) is 0. The molecule has 0 spiro atoms. The van der Waals surface area contributed by atoms with E-state index in [1.165, 1.54) is 0 Å². The summed E-state index contributed by atoms with van der Waals surface area (Å²) in [6, 6.07) is 5.52. The third-order valence-corrected chi connectivity index (χ3v) is 3.99. The Bertz CT molecular complexity index is 680. The first kappa shape index (κ1) is 16.0. The fraction of sp³-hybridized carbons (Fsp3) is 0.333. The lowest BCUT2D eigenvalue weighted by atomic mass is 9.96. The lowest BCUT2D eigenvalue weighted by molar-refractivity contribution is 0.547. The molecular formula is C15H18BrClN4. The van der Waals surface area contributed by atoms with E-state index in [0.717, 1.165) is 15.7 Å². The van der Waals surface area contributed by atoms with Gasteiger partial charge in [0.1, 0.15) is 17.5 Å². The topological polar surface area (TPSA) is 63.8 Å². The average molecular weight is 370 g/mol. The number of anilines is 3. The first-order chi connectivity index (χ1) is 9.66. The van der Waals surface area contributed by atoms with Crippen LogP contribution in [0.3, 0.4) is 0 Å². The summed E-state index contributed by atoms with van der Waals surface area (Å²) in [5.74, 6) is 1.78. The number of aromatic nitrogens is 2. The molecule has 0 aliphatic carbocycles. The van der Waals surface area contributed by atoms with E-state index in [0.29, 0.717) is 22.5 Å². The monoisotopic (exact) mass is 368 g/mol. The van der Waals surface area contributed by atoms with Crippen LogP contribution in [0.15, 0.2) is 22.7 Å². The highest BCUT2D eigenvalue weighted by atomic mass is 79.9. The second-order valence-corrected chi connectivity index (χ2v) is 7.22. The predicted octanol–water partition coefficient (Wildman–Crippen LogP) is 4.82. The Balaban J connectivity index is 2.40. The molecule has 3 N–H and O–H groups in total. The van der Waals surface area contributed by atoms with Crippen LogP contribution in [-0.4, -0.2) is 9.97 Å². The van der Waals surface area contributed by atoms with Crippen molar-refractivity contribution < 1.29 is 0 Å². The van der Waals surface area contributed by atoms with E-state index in [1.807, 2.05) is 39.8 Å². The third-order valence-electron chi connectivity index (χ3n) is 2.93. The first-order valence-electron chi connectivity index (χ1n) is 6.54. The summed E-state index contributed by atoms with van der Waals surface area (Å²) < 4.78 is 0.916. The third kappa shape index (κ3) is 3.86. The number of benzene rings is 1. The molecule has 0 unspecified atom stereocenters. The molecule has 0 saturated heterocycles. The summed E-state index contributed by atoms with van der Waals surface area (Å²) in [5.41, 5.74) is 7.54. The minimum Gasteiger partial charge on any atom is -0.384 e. The number of nitrogens with one attached hydrogen (secondary N) is 1. The van der Waals surface area contributed by atoms with E-state index < -0.39 is 0 Å². The highest BCUT2D eigenvalue weighted by molar-refractivity contribution is 9.10. The van der Waals surface area contributed by atoms with Gasteiger partial charge in [-0.3, -0.25) is 0 Å². The van der Waals surface area contributed by atoms with Gasteiger partial charge in [-0.1, -0.05) is 32.4 Å². The van der Waals surface area contributed by atoms with Crippen molar-refractivity contribution in [3.63, 3.8) is 0 Å². The minimum absolute atomic E-state index is 0.173. The highest BCUT2D eigenvalue weighted by Gasteiger charge is 2.19. The van der Waals surface area contributed by atoms with E-state index >= 15 is 0 Å². The summed E-state index contributed by atoms with van der Waals surface area (Å²) in [6.45, 7) is 8.09. The normalized spacial score (nSPS) is 11.5. The van der Waals surface area contributed by atoms with Gasteiger partial charge in [0.2, 0.25) is 0 Å². The van der Waals surface area contributed by atoms with E-state index in [-0.39, 0.29) is 5.41 Å². The number of hydrogen-bond acceptors (Lipinski definition) is 4. The number of halogens is 2. The minimum atomic E-state index is -0.173. The van der Waals surface area contributed by atoms with Gasteiger partial charge >= 0.3 is 0 Å². The fourth-order valence-electron chi connectivity index (χ4n) is 1.75. The fourth-order valence-corrected chi connectivity index (χ4v) is 2.47. The van der Waals surface area contributed by atoms with Crippen LogP contribution in [0.25, 0.3) is 0 Å². The molecule has 112 valence electrons. The smallest absolute Gasteiger partial charge is 0.138 e. The molecule has 2 rings (SSSR count). The molecule has 2 aromatic rings. The number of rotatable bonds is 2. The van der Waals surface area contributed by atoms with E-state index in [9.17, 15) is 0 Å². The van der Waals surface area contributed by atoms with Crippen molar-refractivity contribution in [1.82, 2.24) is 9.97 Å². The summed E-state index contributed by atoms with van der Waals surface area (Å²) in [5, 5.41) is 3.92. The molecular weight excluding hydrogens is 352 g/mol.